The van der Waals surface area contributed by atoms with Crippen LogP contribution in [-0.2, 0) is 4.74 Å². The first-order valence-electron chi connectivity index (χ1n) is 12.1. The lowest BCUT2D eigenvalue weighted by Gasteiger charge is -2.27. The van der Waals surface area contributed by atoms with Gasteiger partial charge in [-0.1, -0.05) is 36.4 Å². The van der Waals surface area contributed by atoms with Crippen LogP contribution in [0.15, 0.2) is 78.9 Å². The van der Waals surface area contributed by atoms with Crippen molar-refractivity contribution in [2.45, 2.75) is 0 Å². The molecule has 1 saturated heterocycles. The molecule has 0 radical (unpaired) electrons. The van der Waals surface area contributed by atoms with E-state index >= 15 is 0 Å². The van der Waals surface area contributed by atoms with E-state index in [4.69, 9.17) is 4.74 Å². The van der Waals surface area contributed by atoms with E-state index in [1.54, 1.807) is 12.1 Å². The molecule has 1 aromatic heterocycles. The molecule has 5 rings (SSSR count). The fraction of sp³-hybridized carbons (Fsp3) is 0.143. The number of benzene rings is 3. The second-order valence-electron chi connectivity index (χ2n) is 8.45. The molecule has 9 nitrogen and oxygen atoms in total. The number of carbonyl (C=O) groups excluding carboxylic acids is 1. The van der Waals surface area contributed by atoms with Gasteiger partial charge in [0.2, 0.25) is 11.9 Å². The Hall–Kier alpha value is -4.83. The Balaban J connectivity index is 1.29. The highest BCUT2D eigenvalue weighted by Gasteiger charge is 2.16. The molecule has 0 spiro atoms. The first kappa shape index (κ1) is 24.8. The monoisotopic (exact) mass is 511 g/mol. The summed E-state index contributed by atoms with van der Waals surface area (Å²) < 4.78 is 18.5. The quantitative estimate of drug-likeness (QED) is 0.305. The van der Waals surface area contributed by atoms with Crippen molar-refractivity contribution in [1.29, 1.82) is 0 Å². The molecule has 1 aliphatic rings. The Morgan fingerprint density at radius 1 is 0.789 bits per heavy atom. The number of aromatic nitrogens is 3. The summed E-state index contributed by atoms with van der Waals surface area (Å²) in [6, 6.07) is 22.2. The van der Waals surface area contributed by atoms with Crippen LogP contribution in [0.25, 0.3) is 12.2 Å². The Morgan fingerprint density at radius 3 is 2.11 bits per heavy atom. The molecule has 0 atom stereocenters. The third-order valence-corrected chi connectivity index (χ3v) is 5.66. The molecular formula is C28H26FN7O2. The molecule has 3 aromatic carbocycles. The van der Waals surface area contributed by atoms with E-state index in [0.29, 0.717) is 55.4 Å². The zero-order valence-corrected chi connectivity index (χ0v) is 20.5. The number of morpholine rings is 1. The van der Waals surface area contributed by atoms with E-state index in [1.807, 2.05) is 54.6 Å². The minimum Gasteiger partial charge on any atom is -0.378 e. The molecule has 3 N–H and O–H groups in total. The standard InChI is InChI=1S/C28H26FN7O2/c29-21-7-9-23(10-8-21)31-28(37)32-24-13-11-22(12-14-24)30-26-33-25(15-6-20-4-2-1-3-5-20)34-27(35-26)36-16-18-38-19-17-36/h1-15H,16-19H2,(H2,31,32,37)(H,30,33,34,35)/b15-6+. The summed E-state index contributed by atoms with van der Waals surface area (Å²) in [4.78, 5) is 28.2. The SMILES string of the molecule is O=C(Nc1ccc(F)cc1)Nc1ccc(Nc2nc(/C=C/c3ccccc3)nc(N3CCOCC3)n2)cc1. The summed E-state index contributed by atoms with van der Waals surface area (Å²) >= 11 is 0. The van der Waals surface area contributed by atoms with Gasteiger partial charge in [-0.15, -0.1) is 0 Å². The summed E-state index contributed by atoms with van der Waals surface area (Å²) in [7, 11) is 0. The number of nitrogens with zero attached hydrogens (tertiary/aromatic N) is 4. The minimum absolute atomic E-state index is 0.367. The maximum Gasteiger partial charge on any atom is 0.323 e. The Labute approximate surface area is 219 Å². The minimum atomic E-state index is -0.431. The summed E-state index contributed by atoms with van der Waals surface area (Å²) in [5, 5.41) is 8.64. The van der Waals surface area contributed by atoms with Gasteiger partial charge < -0.3 is 25.6 Å². The first-order chi connectivity index (χ1) is 18.6. The van der Waals surface area contributed by atoms with Crippen LogP contribution in [0.3, 0.4) is 0 Å². The van der Waals surface area contributed by atoms with Crippen LogP contribution in [0.1, 0.15) is 11.4 Å². The lowest BCUT2D eigenvalue weighted by Crippen LogP contribution is -2.37. The fourth-order valence-corrected chi connectivity index (χ4v) is 3.74. The van der Waals surface area contributed by atoms with Crippen molar-refractivity contribution < 1.29 is 13.9 Å². The van der Waals surface area contributed by atoms with Gasteiger partial charge in [0.25, 0.3) is 0 Å². The lowest BCUT2D eigenvalue weighted by atomic mass is 10.2. The number of halogens is 1. The number of urea groups is 1. The normalized spacial score (nSPS) is 13.3. The van der Waals surface area contributed by atoms with Crippen LogP contribution in [0.2, 0.25) is 0 Å². The highest BCUT2D eigenvalue weighted by atomic mass is 19.1. The van der Waals surface area contributed by atoms with Crippen molar-refractivity contribution in [2.75, 3.05) is 47.2 Å². The second-order valence-corrected chi connectivity index (χ2v) is 8.45. The fourth-order valence-electron chi connectivity index (χ4n) is 3.74. The van der Waals surface area contributed by atoms with E-state index in [9.17, 15) is 9.18 Å². The molecule has 2 heterocycles. The van der Waals surface area contributed by atoms with Gasteiger partial charge in [-0.3, -0.25) is 0 Å². The maximum atomic E-state index is 13.1. The Bertz CT molecular complexity index is 1390. The molecule has 2 amide bonds. The largest absolute Gasteiger partial charge is 0.378 e. The van der Waals surface area contributed by atoms with Gasteiger partial charge in [-0.05, 0) is 60.2 Å². The smallest absolute Gasteiger partial charge is 0.323 e. The topological polar surface area (TPSA) is 104 Å². The molecule has 4 aromatic rings. The number of ether oxygens (including phenoxy) is 1. The Morgan fingerprint density at radius 2 is 1.42 bits per heavy atom. The van der Waals surface area contributed by atoms with Crippen LogP contribution >= 0.6 is 0 Å². The molecule has 0 bridgehead atoms. The Kier molecular flexibility index (Phi) is 7.80. The predicted molar refractivity (Wildman–Crippen MR) is 147 cm³/mol. The molecule has 38 heavy (non-hydrogen) atoms. The summed E-state index contributed by atoms with van der Waals surface area (Å²) in [5.74, 6) is 1.15. The average Bonchev–Trinajstić information content (AvgIpc) is 2.95. The molecule has 1 fully saturated rings. The molecule has 0 aliphatic carbocycles. The number of hydrogen-bond donors (Lipinski definition) is 3. The number of amides is 2. The predicted octanol–water partition coefficient (Wildman–Crippen LogP) is 5.41. The highest BCUT2D eigenvalue weighted by Crippen LogP contribution is 2.20. The van der Waals surface area contributed by atoms with Crippen molar-refractivity contribution in [1.82, 2.24) is 15.0 Å². The van der Waals surface area contributed by atoms with Gasteiger partial charge in [0.15, 0.2) is 5.82 Å². The van der Waals surface area contributed by atoms with E-state index in [1.165, 1.54) is 24.3 Å². The van der Waals surface area contributed by atoms with Crippen LogP contribution in [-0.4, -0.2) is 47.3 Å². The molecule has 0 saturated carbocycles. The van der Waals surface area contributed by atoms with Crippen molar-refractivity contribution in [2.24, 2.45) is 0 Å². The maximum absolute atomic E-state index is 13.1. The second kappa shape index (κ2) is 11.9. The van der Waals surface area contributed by atoms with Gasteiger partial charge in [-0.2, -0.15) is 15.0 Å². The van der Waals surface area contributed by atoms with Gasteiger partial charge in [0, 0.05) is 30.2 Å². The van der Waals surface area contributed by atoms with Crippen LogP contribution in [0.4, 0.5) is 38.1 Å². The van der Waals surface area contributed by atoms with Crippen LogP contribution in [0, 0.1) is 5.82 Å². The third kappa shape index (κ3) is 6.89. The first-order valence-corrected chi connectivity index (χ1v) is 12.1. The van der Waals surface area contributed by atoms with E-state index in [-0.39, 0.29) is 5.82 Å². The number of hydrogen-bond acceptors (Lipinski definition) is 7. The van der Waals surface area contributed by atoms with Crippen molar-refractivity contribution in [3.63, 3.8) is 0 Å². The average molecular weight is 512 g/mol. The highest BCUT2D eigenvalue weighted by molar-refractivity contribution is 5.99. The zero-order chi connectivity index (χ0) is 26.2. The summed E-state index contributed by atoms with van der Waals surface area (Å²) in [5.41, 5.74) is 2.87. The van der Waals surface area contributed by atoms with Crippen LogP contribution in [0.5, 0.6) is 0 Å². The van der Waals surface area contributed by atoms with E-state index in [0.717, 1.165) is 11.3 Å². The van der Waals surface area contributed by atoms with Crippen molar-refractivity contribution >= 4 is 47.1 Å². The number of nitrogens with one attached hydrogen (secondary N) is 3. The van der Waals surface area contributed by atoms with Gasteiger partial charge >= 0.3 is 6.03 Å². The molecule has 192 valence electrons. The summed E-state index contributed by atoms with van der Waals surface area (Å²) in [6.45, 7) is 2.64. The number of rotatable bonds is 7. The van der Waals surface area contributed by atoms with Gasteiger partial charge in [-0.25, -0.2) is 9.18 Å². The molecule has 10 heteroatoms. The van der Waals surface area contributed by atoms with Crippen LogP contribution < -0.4 is 20.9 Å². The number of carbonyl (C=O) groups is 1. The van der Waals surface area contributed by atoms with Gasteiger partial charge in [0.1, 0.15) is 5.82 Å². The molecular weight excluding hydrogens is 485 g/mol. The number of anilines is 5. The summed E-state index contributed by atoms with van der Waals surface area (Å²) in [6.07, 6.45) is 3.82. The van der Waals surface area contributed by atoms with Gasteiger partial charge in [0.05, 0.1) is 13.2 Å². The van der Waals surface area contributed by atoms with E-state index in [2.05, 4.69) is 35.8 Å². The van der Waals surface area contributed by atoms with E-state index < -0.39 is 6.03 Å². The van der Waals surface area contributed by atoms with Crippen molar-refractivity contribution in [3.8, 4) is 0 Å². The third-order valence-electron chi connectivity index (χ3n) is 5.66. The molecule has 0 unspecified atom stereocenters. The lowest BCUT2D eigenvalue weighted by molar-refractivity contribution is 0.122. The van der Waals surface area contributed by atoms with Crippen molar-refractivity contribution in [3.05, 3.63) is 96.1 Å². The zero-order valence-electron chi connectivity index (χ0n) is 20.5. The molecule has 1 aliphatic heterocycles.